The van der Waals surface area contributed by atoms with E-state index in [1.54, 1.807) is 0 Å². The van der Waals surface area contributed by atoms with Crippen molar-refractivity contribution in [1.82, 2.24) is 0 Å². The number of ether oxygens (including phenoxy) is 1. The van der Waals surface area contributed by atoms with E-state index >= 15 is 0 Å². The number of hydrogen-bond acceptors (Lipinski definition) is 3. The molecule has 3 heteroatoms. The summed E-state index contributed by atoms with van der Waals surface area (Å²) >= 11 is 0. The Morgan fingerprint density at radius 1 is 0.958 bits per heavy atom. The summed E-state index contributed by atoms with van der Waals surface area (Å²) in [5, 5.41) is 11.5. The monoisotopic (exact) mass is 312 g/mol. The van der Waals surface area contributed by atoms with Gasteiger partial charge in [-0.3, -0.25) is 0 Å². The molecule has 116 valence electrons. The highest BCUT2D eigenvalue weighted by atomic mass is 16.5. The van der Waals surface area contributed by atoms with Crippen LogP contribution in [-0.2, 0) is 0 Å². The fourth-order valence-corrected chi connectivity index (χ4v) is 3.45. The van der Waals surface area contributed by atoms with Crippen LogP contribution in [0.15, 0.2) is 78.2 Å². The molecule has 0 aliphatic carbocycles. The second-order valence-corrected chi connectivity index (χ2v) is 5.87. The lowest BCUT2D eigenvalue weighted by molar-refractivity contribution is 0.389. The number of benzene rings is 3. The molecule has 0 amide bonds. The molecule has 1 aliphatic rings. The number of rotatable bonds is 2. The van der Waals surface area contributed by atoms with Crippen LogP contribution in [0.5, 0.6) is 5.75 Å². The number of nitrogens with two attached hydrogens (primary N) is 1. The first-order valence-corrected chi connectivity index (χ1v) is 7.89. The van der Waals surface area contributed by atoms with Gasteiger partial charge < -0.3 is 10.5 Å². The number of nitrogens with zero attached hydrogens (tertiary/aromatic N) is 1. The molecule has 24 heavy (non-hydrogen) atoms. The van der Waals surface area contributed by atoms with E-state index in [0.717, 1.165) is 33.2 Å². The fraction of sp³-hybridized carbons (Fsp3) is 0.0952. The molecule has 0 bridgehead atoms. The lowest BCUT2D eigenvalue weighted by atomic mass is 9.80. The van der Waals surface area contributed by atoms with E-state index in [2.05, 4.69) is 30.3 Å². The van der Waals surface area contributed by atoms with Crippen molar-refractivity contribution in [1.29, 1.82) is 5.26 Å². The highest BCUT2D eigenvalue weighted by Gasteiger charge is 2.31. The third-order valence-corrected chi connectivity index (χ3v) is 4.51. The van der Waals surface area contributed by atoms with Crippen LogP contribution in [0, 0.1) is 11.3 Å². The summed E-state index contributed by atoms with van der Waals surface area (Å²) in [6.07, 6.45) is 0.244. The molecule has 3 aromatic carbocycles. The van der Waals surface area contributed by atoms with Crippen LogP contribution in [0.4, 0.5) is 0 Å². The zero-order chi connectivity index (χ0) is 16.5. The smallest absolute Gasteiger partial charge is 0.192 e. The molecule has 0 saturated heterocycles. The van der Waals surface area contributed by atoms with Crippen LogP contribution in [0.1, 0.15) is 23.5 Å². The van der Waals surface area contributed by atoms with Gasteiger partial charge in [0.05, 0.1) is 12.5 Å². The van der Waals surface area contributed by atoms with Crippen molar-refractivity contribution in [3.8, 4) is 11.8 Å². The quantitative estimate of drug-likeness (QED) is 0.760. The van der Waals surface area contributed by atoms with Crippen LogP contribution < -0.4 is 10.5 Å². The minimum absolute atomic E-state index is 0.0688. The van der Waals surface area contributed by atoms with E-state index in [1.807, 2.05) is 42.5 Å². The summed E-state index contributed by atoms with van der Waals surface area (Å²) in [6, 6.07) is 24.6. The van der Waals surface area contributed by atoms with Gasteiger partial charge in [0, 0.05) is 17.1 Å². The van der Waals surface area contributed by atoms with E-state index in [1.165, 1.54) is 0 Å². The lowest BCUT2D eigenvalue weighted by Crippen LogP contribution is -2.21. The lowest BCUT2D eigenvalue weighted by Gasteiger charge is -2.30. The molecule has 0 aromatic heterocycles. The standard InChI is InChI=1S/C21H16N2O/c22-13-12-17-19(15-7-2-1-3-8-15)20-16-9-5-4-6-14(16)10-11-18(20)24-21(17)23/h1-11,19H,12,23H2. The topological polar surface area (TPSA) is 59.0 Å². The summed E-state index contributed by atoms with van der Waals surface area (Å²) < 4.78 is 5.86. The molecule has 0 saturated carbocycles. The third kappa shape index (κ3) is 2.21. The zero-order valence-corrected chi connectivity index (χ0v) is 13.1. The maximum Gasteiger partial charge on any atom is 0.192 e. The molecule has 1 aliphatic heterocycles. The number of allylic oxidation sites excluding steroid dienone is 1. The van der Waals surface area contributed by atoms with Gasteiger partial charge in [-0.05, 0) is 22.4 Å². The summed E-state index contributed by atoms with van der Waals surface area (Å²) in [7, 11) is 0. The second-order valence-electron chi connectivity index (χ2n) is 5.87. The molecule has 0 fully saturated rings. The Kier molecular flexibility index (Phi) is 3.44. The van der Waals surface area contributed by atoms with Crippen LogP contribution in [0.25, 0.3) is 10.8 Å². The SMILES string of the molecule is N#CCC1=C(N)Oc2ccc3ccccc3c2C1c1ccccc1. The summed E-state index contributed by atoms with van der Waals surface area (Å²) in [6.45, 7) is 0. The van der Waals surface area contributed by atoms with Crippen molar-refractivity contribution in [2.75, 3.05) is 0 Å². The van der Waals surface area contributed by atoms with Crippen molar-refractivity contribution in [2.24, 2.45) is 5.73 Å². The van der Waals surface area contributed by atoms with Crippen molar-refractivity contribution in [3.63, 3.8) is 0 Å². The Hall–Kier alpha value is -3.25. The van der Waals surface area contributed by atoms with E-state index in [4.69, 9.17) is 10.5 Å². The first kappa shape index (κ1) is 14.3. The van der Waals surface area contributed by atoms with Crippen LogP contribution in [0.2, 0.25) is 0 Å². The van der Waals surface area contributed by atoms with Crippen molar-refractivity contribution in [2.45, 2.75) is 12.3 Å². The first-order valence-electron chi connectivity index (χ1n) is 7.89. The molecule has 2 N–H and O–H groups in total. The van der Waals surface area contributed by atoms with Crippen LogP contribution in [-0.4, -0.2) is 0 Å². The Morgan fingerprint density at radius 3 is 2.50 bits per heavy atom. The van der Waals surface area contributed by atoms with E-state index in [-0.39, 0.29) is 12.3 Å². The van der Waals surface area contributed by atoms with Gasteiger partial charge in [0.25, 0.3) is 0 Å². The maximum atomic E-state index is 9.27. The normalized spacial score (nSPS) is 16.4. The van der Waals surface area contributed by atoms with Crippen LogP contribution >= 0.6 is 0 Å². The number of fused-ring (bicyclic) bond motifs is 3. The number of nitriles is 1. The van der Waals surface area contributed by atoms with Crippen molar-refractivity contribution >= 4 is 10.8 Å². The van der Waals surface area contributed by atoms with Gasteiger partial charge in [0.2, 0.25) is 0 Å². The fourth-order valence-electron chi connectivity index (χ4n) is 3.45. The van der Waals surface area contributed by atoms with Crippen molar-refractivity contribution in [3.05, 3.63) is 89.3 Å². The molecular formula is C21H16N2O. The molecular weight excluding hydrogens is 296 g/mol. The first-order chi connectivity index (χ1) is 11.8. The van der Waals surface area contributed by atoms with E-state index in [0.29, 0.717) is 5.88 Å². The summed E-state index contributed by atoms with van der Waals surface area (Å²) in [5.74, 6) is 1.04. The maximum absolute atomic E-state index is 9.27. The molecule has 1 unspecified atom stereocenters. The molecule has 3 nitrogen and oxygen atoms in total. The Labute approximate surface area is 140 Å². The summed E-state index contributed by atoms with van der Waals surface area (Å²) in [5.41, 5.74) is 9.18. The van der Waals surface area contributed by atoms with Gasteiger partial charge in [-0.15, -0.1) is 0 Å². The molecule has 0 radical (unpaired) electrons. The van der Waals surface area contributed by atoms with Crippen molar-refractivity contribution < 1.29 is 4.74 Å². The van der Waals surface area contributed by atoms with E-state index in [9.17, 15) is 5.26 Å². The zero-order valence-electron chi connectivity index (χ0n) is 13.1. The molecule has 1 heterocycles. The van der Waals surface area contributed by atoms with Gasteiger partial charge in [0.15, 0.2) is 5.88 Å². The van der Waals surface area contributed by atoms with Gasteiger partial charge in [-0.2, -0.15) is 5.26 Å². The predicted molar refractivity (Wildman–Crippen MR) is 94.3 cm³/mol. The average Bonchev–Trinajstić information content (AvgIpc) is 2.63. The van der Waals surface area contributed by atoms with Gasteiger partial charge in [-0.25, -0.2) is 0 Å². The number of hydrogen-bond donors (Lipinski definition) is 1. The minimum Gasteiger partial charge on any atom is -0.441 e. The minimum atomic E-state index is -0.0688. The molecule has 1 atom stereocenters. The summed E-state index contributed by atoms with van der Waals surface area (Å²) in [4.78, 5) is 0. The third-order valence-electron chi connectivity index (χ3n) is 4.51. The Bertz CT molecular complexity index is 984. The molecule has 4 rings (SSSR count). The van der Waals surface area contributed by atoms with Gasteiger partial charge in [0.1, 0.15) is 5.75 Å². The van der Waals surface area contributed by atoms with Gasteiger partial charge in [-0.1, -0.05) is 60.7 Å². The highest BCUT2D eigenvalue weighted by molar-refractivity contribution is 5.89. The molecule has 3 aromatic rings. The van der Waals surface area contributed by atoms with Crippen LogP contribution in [0.3, 0.4) is 0 Å². The Balaban J connectivity index is 2.04. The second kappa shape index (κ2) is 5.75. The largest absolute Gasteiger partial charge is 0.441 e. The van der Waals surface area contributed by atoms with E-state index < -0.39 is 0 Å². The highest BCUT2D eigenvalue weighted by Crippen LogP contribution is 2.46. The Morgan fingerprint density at radius 2 is 1.71 bits per heavy atom. The molecule has 0 spiro atoms. The predicted octanol–water partition coefficient (Wildman–Crippen LogP) is 4.45. The average molecular weight is 312 g/mol. The van der Waals surface area contributed by atoms with Gasteiger partial charge >= 0.3 is 0 Å².